The number of ketones is 1. The van der Waals surface area contributed by atoms with Gasteiger partial charge in [0.2, 0.25) is 0 Å². The van der Waals surface area contributed by atoms with Gasteiger partial charge in [-0.1, -0.05) is 23.4 Å². The molecule has 0 bridgehead atoms. The average Bonchev–Trinajstić information content (AvgIpc) is 3.12. The summed E-state index contributed by atoms with van der Waals surface area (Å²) in [4.78, 5) is 31.9. The smallest absolute Gasteiger partial charge is 0.340 e. The predicted octanol–water partition coefficient (Wildman–Crippen LogP) is 4.58. The average molecular weight is 393 g/mol. The molecular formula is C18H17ClN2O4S. The van der Waals surface area contributed by atoms with E-state index in [-0.39, 0.29) is 18.1 Å². The fourth-order valence-electron chi connectivity index (χ4n) is 2.68. The van der Waals surface area contributed by atoms with Crippen molar-refractivity contribution < 1.29 is 18.7 Å². The molecule has 0 atom stereocenters. The standard InChI is InChI=1S/C18H17ClN2O4S/c1-4-24-17(23)15-9(2)16(20-10(15)3)13(22)8-26-18-21-12-6-5-11(19)7-14(12)25-18/h5-7,20H,4,8H2,1-3H3. The van der Waals surface area contributed by atoms with Gasteiger partial charge >= 0.3 is 5.97 Å². The summed E-state index contributed by atoms with van der Waals surface area (Å²) in [6, 6.07) is 5.17. The lowest BCUT2D eigenvalue weighted by atomic mass is 10.1. The number of ether oxygens (including phenoxy) is 1. The Labute approximate surface area is 159 Å². The molecule has 0 aliphatic carbocycles. The summed E-state index contributed by atoms with van der Waals surface area (Å²) in [5.41, 5.74) is 3.28. The molecule has 0 amide bonds. The molecule has 2 aromatic heterocycles. The number of esters is 1. The van der Waals surface area contributed by atoms with Crippen molar-refractivity contribution in [2.24, 2.45) is 0 Å². The zero-order valence-corrected chi connectivity index (χ0v) is 16.1. The Morgan fingerprint density at radius 3 is 2.85 bits per heavy atom. The predicted molar refractivity (Wildman–Crippen MR) is 100 cm³/mol. The molecule has 8 heteroatoms. The molecular weight excluding hydrogens is 376 g/mol. The summed E-state index contributed by atoms with van der Waals surface area (Å²) < 4.78 is 10.6. The first-order chi connectivity index (χ1) is 12.4. The third-order valence-electron chi connectivity index (χ3n) is 3.85. The van der Waals surface area contributed by atoms with E-state index >= 15 is 0 Å². The first kappa shape index (κ1) is 18.5. The molecule has 0 saturated carbocycles. The van der Waals surface area contributed by atoms with E-state index in [0.717, 1.165) is 0 Å². The number of nitrogens with zero attached hydrogens (tertiary/aromatic N) is 1. The first-order valence-electron chi connectivity index (χ1n) is 7.99. The Morgan fingerprint density at radius 2 is 2.12 bits per heavy atom. The molecule has 2 heterocycles. The third-order valence-corrected chi connectivity index (χ3v) is 4.92. The summed E-state index contributed by atoms with van der Waals surface area (Å²) in [6.45, 7) is 5.50. The minimum atomic E-state index is -0.429. The number of aromatic nitrogens is 2. The van der Waals surface area contributed by atoms with E-state index in [4.69, 9.17) is 20.8 Å². The van der Waals surface area contributed by atoms with E-state index in [1.807, 2.05) is 0 Å². The van der Waals surface area contributed by atoms with Gasteiger partial charge in [0.15, 0.2) is 11.4 Å². The number of oxazole rings is 1. The monoisotopic (exact) mass is 392 g/mol. The van der Waals surface area contributed by atoms with Crippen LogP contribution in [0.2, 0.25) is 5.02 Å². The van der Waals surface area contributed by atoms with E-state index in [9.17, 15) is 9.59 Å². The molecule has 0 spiro atoms. The van der Waals surface area contributed by atoms with Crippen molar-refractivity contribution in [1.82, 2.24) is 9.97 Å². The quantitative estimate of drug-likeness (QED) is 0.375. The Kier molecular flexibility index (Phi) is 5.38. The lowest BCUT2D eigenvalue weighted by Crippen LogP contribution is -2.08. The molecule has 3 aromatic rings. The Balaban J connectivity index is 1.75. The zero-order chi connectivity index (χ0) is 18.8. The van der Waals surface area contributed by atoms with Crippen LogP contribution in [0.3, 0.4) is 0 Å². The lowest BCUT2D eigenvalue weighted by molar-refractivity contribution is 0.0525. The summed E-state index contributed by atoms with van der Waals surface area (Å²) in [5, 5.41) is 0.951. The van der Waals surface area contributed by atoms with Gasteiger partial charge < -0.3 is 14.1 Å². The van der Waals surface area contributed by atoms with Gasteiger partial charge in [-0.05, 0) is 38.5 Å². The number of thioether (sulfide) groups is 1. The first-order valence-corrected chi connectivity index (χ1v) is 9.35. The minimum absolute atomic E-state index is 0.129. The van der Waals surface area contributed by atoms with Gasteiger partial charge in [0, 0.05) is 16.8 Å². The van der Waals surface area contributed by atoms with Crippen LogP contribution in [-0.4, -0.2) is 34.1 Å². The molecule has 0 saturated heterocycles. The molecule has 0 aliphatic heterocycles. The van der Waals surface area contributed by atoms with Crippen LogP contribution in [0.5, 0.6) is 0 Å². The minimum Gasteiger partial charge on any atom is -0.462 e. The number of H-pyrrole nitrogens is 1. The van der Waals surface area contributed by atoms with Crippen LogP contribution in [0.1, 0.15) is 39.0 Å². The van der Waals surface area contributed by atoms with Crippen molar-refractivity contribution >= 4 is 46.2 Å². The van der Waals surface area contributed by atoms with Crippen molar-refractivity contribution in [3.8, 4) is 0 Å². The van der Waals surface area contributed by atoms with Crippen LogP contribution >= 0.6 is 23.4 Å². The van der Waals surface area contributed by atoms with Crippen molar-refractivity contribution in [3.63, 3.8) is 0 Å². The summed E-state index contributed by atoms with van der Waals surface area (Å²) >= 11 is 7.12. The number of aryl methyl sites for hydroxylation is 1. The van der Waals surface area contributed by atoms with Crippen molar-refractivity contribution in [2.45, 2.75) is 26.0 Å². The topological polar surface area (TPSA) is 85.2 Å². The second-order valence-corrected chi connectivity index (χ2v) is 7.01. The molecule has 0 aliphatic rings. The van der Waals surface area contributed by atoms with Gasteiger partial charge in [-0.3, -0.25) is 4.79 Å². The second kappa shape index (κ2) is 7.55. The highest BCUT2D eigenvalue weighted by atomic mass is 35.5. The molecule has 1 aromatic carbocycles. The summed E-state index contributed by atoms with van der Waals surface area (Å²) in [5.74, 6) is -0.448. The number of Topliss-reactive ketones (excluding diaryl/α,β-unsaturated/α-hetero) is 1. The Hall–Kier alpha value is -2.25. The molecule has 6 nitrogen and oxygen atoms in total. The molecule has 0 radical (unpaired) electrons. The van der Waals surface area contributed by atoms with Crippen LogP contribution in [0.15, 0.2) is 27.8 Å². The summed E-state index contributed by atoms with van der Waals surface area (Å²) in [7, 11) is 0. The van der Waals surface area contributed by atoms with Gasteiger partial charge in [0.25, 0.3) is 5.22 Å². The number of carbonyl (C=O) groups excluding carboxylic acids is 2. The number of carbonyl (C=O) groups is 2. The SMILES string of the molecule is CCOC(=O)c1c(C)[nH]c(C(=O)CSc2nc3ccc(Cl)cc3o2)c1C. The highest BCUT2D eigenvalue weighted by molar-refractivity contribution is 7.99. The van der Waals surface area contributed by atoms with E-state index in [1.54, 1.807) is 39.0 Å². The van der Waals surface area contributed by atoms with Gasteiger partial charge in [-0.2, -0.15) is 0 Å². The largest absolute Gasteiger partial charge is 0.462 e. The van der Waals surface area contributed by atoms with Crippen LogP contribution < -0.4 is 0 Å². The van der Waals surface area contributed by atoms with Crippen LogP contribution in [0.25, 0.3) is 11.1 Å². The van der Waals surface area contributed by atoms with E-state index in [0.29, 0.717) is 43.9 Å². The molecule has 1 N–H and O–H groups in total. The maximum absolute atomic E-state index is 12.6. The molecule has 0 unspecified atom stereocenters. The van der Waals surface area contributed by atoms with Gasteiger partial charge in [0.1, 0.15) is 5.52 Å². The van der Waals surface area contributed by atoms with Crippen molar-refractivity contribution in [3.05, 3.63) is 45.7 Å². The Bertz CT molecular complexity index is 993. The molecule has 136 valence electrons. The van der Waals surface area contributed by atoms with Gasteiger partial charge in [-0.15, -0.1) is 0 Å². The van der Waals surface area contributed by atoms with Crippen molar-refractivity contribution in [2.75, 3.05) is 12.4 Å². The number of rotatable bonds is 6. The van der Waals surface area contributed by atoms with Crippen molar-refractivity contribution in [1.29, 1.82) is 0 Å². The highest BCUT2D eigenvalue weighted by Crippen LogP contribution is 2.27. The lowest BCUT2D eigenvalue weighted by Gasteiger charge is -2.02. The molecule has 26 heavy (non-hydrogen) atoms. The normalized spacial score (nSPS) is 11.1. The number of hydrogen-bond acceptors (Lipinski definition) is 6. The number of hydrogen-bond donors (Lipinski definition) is 1. The summed E-state index contributed by atoms with van der Waals surface area (Å²) in [6.07, 6.45) is 0. The maximum atomic E-state index is 12.6. The highest BCUT2D eigenvalue weighted by Gasteiger charge is 2.23. The fourth-order valence-corrected chi connectivity index (χ4v) is 3.55. The van der Waals surface area contributed by atoms with Gasteiger partial charge in [-0.25, -0.2) is 9.78 Å². The second-order valence-electron chi connectivity index (χ2n) is 5.65. The maximum Gasteiger partial charge on any atom is 0.340 e. The number of benzene rings is 1. The number of fused-ring (bicyclic) bond motifs is 1. The van der Waals surface area contributed by atoms with Gasteiger partial charge in [0.05, 0.1) is 23.6 Å². The van der Waals surface area contributed by atoms with Crippen LogP contribution in [0, 0.1) is 13.8 Å². The third kappa shape index (κ3) is 3.64. The zero-order valence-electron chi connectivity index (χ0n) is 14.5. The number of halogens is 1. The van der Waals surface area contributed by atoms with Crippen LogP contribution in [0.4, 0.5) is 0 Å². The van der Waals surface area contributed by atoms with E-state index < -0.39 is 5.97 Å². The fraction of sp³-hybridized carbons (Fsp3) is 0.278. The van der Waals surface area contributed by atoms with Crippen LogP contribution in [-0.2, 0) is 4.74 Å². The number of aromatic amines is 1. The molecule has 3 rings (SSSR count). The number of nitrogens with one attached hydrogen (secondary N) is 1. The van der Waals surface area contributed by atoms with E-state index in [2.05, 4.69) is 9.97 Å². The Morgan fingerprint density at radius 1 is 1.35 bits per heavy atom. The molecule has 0 fully saturated rings. The van der Waals surface area contributed by atoms with E-state index in [1.165, 1.54) is 11.8 Å².